The monoisotopic (exact) mass is 354 g/mol. The number of rotatable bonds is 2. The van der Waals surface area contributed by atoms with E-state index in [4.69, 9.17) is 0 Å². The molecule has 1 N–H and O–H groups in total. The summed E-state index contributed by atoms with van der Waals surface area (Å²) >= 11 is 0. The van der Waals surface area contributed by atoms with E-state index in [9.17, 15) is 23.5 Å². The summed E-state index contributed by atoms with van der Waals surface area (Å²) in [4.78, 5) is 4.37. The summed E-state index contributed by atoms with van der Waals surface area (Å²) in [5.74, 6) is 0.0946. The lowest BCUT2D eigenvalue weighted by molar-refractivity contribution is -0.137. The lowest BCUT2D eigenvalue weighted by Crippen LogP contribution is -2.05. The number of hydrogen-bond donors (Lipinski definition) is 1. The van der Waals surface area contributed by atoms with Crippen LogP contribution in [0.1, 0.15) is 16.8 Å². The van der Waals surface area contributed by atoms with Crippen molar-refractivity contribution in [1.29, 1.82) is 5.26 Å². The van der Waals surface area contributed by atoms with Gasteiger partial charge in [-0.2, -0.15) is 18.4 Å². The van der Waals surface area contributed by atoms with E-state index in [1.54, 1.807) is 25.1 Å². The van der Waals surface area contributed by atoms with Gasteiger partial charge in [-0.25, -0.2) is 0 Å². The minimum atomic E-state index is -4.47. The fourth-order valence-electron chi connectivity index (χ4n) is 2.68. The maximum absolute atomic E-state index is 13.0. The number of nitrogens with zero attached hydrogens (tertiary/aromatic N) is 2. The van der Waals surface area contributed by atoms with Crippen molar-refractivity contribution in [2.45, 2.75) is 13.1 Å². The quantitative estimate of drug-likeness (QED) is 0.677. The number of alkyl halides is 3. The highest BCUT2D eigenvalue weighted by Crippen LogP contribution is 2.35. The number of halogens is 3. The van der Waals surface area contributed by atoms with Crippen LogP contribution >= 0.6 is 0 Å². The molecule has 0 aliphatic carbocycles. The Bertz CT molecular complexity index is 1000. The SMILES string of the molecule is Cc1nc(-c2ccc(O)cc2)cc(-c2cccc(C(F)(F)F)c2)c1C#N. The molecule has 0 fully saturated rings. The number of aromatic hydroxyl groups is 1. The average molecular weight is 354 g/mol. The molecule has 2 aromatic carbocycles. The van der Waals surface area contributed by atoms with Crippen LogP contribution in [0.3, 0.4) is 0 Å². The van der Waals surface area contributed by atoms with Gasteiger partial charge in [0, 0.05) is 11.1 Å². The lowest BCUT2D eigenvalue weighted by atomic mass is 9.96. The Morgan fingerprint density at radius 1 is 1.00 bits per heavy atom. The second-order valence-electron chi connectivity index (χ2n) is 5.75. The molecule has 0 radical (unpaired) electrons. The number of aromatic nitrogens is 1. The van der Waals surface area contributed by atoms with Crippen molar-refractivity contribution in [2.24, 2.45) is 0 Å². The van der Waals surface area contributed by atoms with E-state index in [-0.39, 0.29) is 11.3 Å². The maximum Gasteiger partial charge on any atom is 0.416 e. The number of hydrogen-bond acceptors (Lipinski definition) is 3. The summed E-state index contributed by atoms with van der Waals surface area (Å²) in [6.45, 7) is 1.64. The Kier molecular flexibility index (Phi) is 4.39. The van der Waals surface area contributed by atoms with Crippen LogP contribution in [0.25, 0.3) is 22.4 Å². The van der Waals surface area contributed by atoms with Crippen molar-refractivity contribution >= 4 is 0 Å². The first-order valence-electron chi connectivity index (χ1n) is 7.68. The molecule has 0 saturated carbocycles. The fraction of sp³-hybridized carbons (Fsp3) is 0.100. The highest BCUT2D eigenvalue weighted by Gasteiger charge is 2.30. The molecule has 0 saturated heterocycles. The predicted molar refractivity (Wildman–Crippen MR) is 91.2 cm³/mol. The van der Waals surface area contributed by atoms with Gasteiger partial charge < -0.3 is 5.11 Å². The van der Waals surface area contributed by atoms with E-state index in [1.807, 2.05) is 6.07 Å². The summed E-state index contributed by atoms with van der Waals surface area (Å²) in [7, 11) is 0. The first kappa shape index (κ1) is 17.5. The van der Waals surface area contributed by atoms with Crippen molar-refractivity contribution < 1.29 is 18.3 Å². The van der Waals surface area contributed by atoms with Crippen molar-refractivity contribution in [3.63, 3.8) is 0 Å². The predicted octanol–water partition coefficient (Wildman–Crippen LogP) is 5.32. The zero-order valence-corrected chi connectivity index (χ0v) is 13.7. The first-order valence-corrected chi connectivity index (χ1v) is 7.68. The van der Waals surface area contributed by atoms with E-state index in [2.05, 4.69) is 4.98 Å². The summed E-state index contributed by atoms with van der Waals surface area (Å²) in [5.41, 5.74) is 1.74. The van der Waals surface area contributed by atoms with Crippen molar-refractivity contribution in [3.8, 4) is 34.2 Å². The molecule has 0 spiro atoms. The van der Waals surface area contributed by atoms with Gasteiger partial charge in [0.25, 0.3) is 0 Å². The van der Waals surface area contributed by atoms with E-state index < -0.39 is 11.7 Å². The second-order valence-corrected chi connectivity index (χ2v) is 5.75. The molecule has 0 atom stereocenters. The Balaban J connectivity index is 2.21. The van der Waals surface area contributed by atoms with Crippen molar-refractivity contribution in [3.05, 3.63) is 71.4 Å². The molecule has 26 heavy (non-hydrogen) atoms. The first-order chi connectivity index (χ1) is 12.3. The molecular formula is C20H13F3N2O. The third-order valence-corrected chi connectivity index (χ3v) is 3.98. The normalized spacial score (nSPS) is 11.2. The molecule has 3 aromatic rings. The van der Waals surface area contributed by atoms with Gasteiger partial charge in [0.05, 0.1) is 22.5 Å². The average Bonchev–Trinajstić information content (AvgIpc) is 2.61. The molecule has 1 heterocycles. The molecule has 3 nitrogen and oxygen atoms in total. The van der Waals surface area contributed by atoms with Crippen LogP contribution < -0.4 is 0 Å². The third kappa shape index (κ3) is 3.38. The van der Waals surface area contributed by atoms with Gasteiger partial charge in [-0.05, 0) is 55.0 Å². The van der Waals surface area contributed by atoms with Crippen molar-refractivity contribution in [2.75, 3.05) is 0 Å². The molecule has 0 aliphatic heterocycles. The van der Waals surface area contributed by atoms with E-state index in [0.717, 1.165) is 12.1 Å². The summed E-state index contributed by atoms with van der Waals surface area (Å²) in [6, 6.07) is 14.8. The highest BCUT2D eigenvalue weighted by atomic mass is 19.4. The van der Waals surface area contributed by atoms with Crippen LogP contribution in [0.4, 0.5) is 13.2 Å². The van der Waals surface area contributed by atoms with Crippen LogP contribution in [0.2, 0.25) is 0 Å². The highest BCUT2D eigenvalue weighted by molar-refractivity contribution is 5.77. The smallest absolute Gasteiger partial charge is 0.416 e. The molecule has 1 aromatic heterocycles. The number of benzene rings is 2. The van der Waals surface area contributed by atoms with Gasteiger partial charge in [0.15, 0.2) is 0 Å². The second kappa shape index (κ2) is 6.52. The van der Waals surface area contributed by atoms with Crippen LogP contribution in [0.5, 0.6) is 5.75 Å². The number of phenols is 1. The zero-order valence-electron chi connectivity index (χ0n) is 13.7. The molecule has 130 valence electrons. The minimum absolute atomic E-state index is 0.0946. The molecule has 0 amide bonds. The number of phenolic OH excluding ortho intramolecular Hbond substituents is 1. The maximum atomic E-state index is 13.0. The van der Waals surface area contributed by atoms with E-state index >= 15 is 0 Å². The number of pyridine rings is 1. The number of aryl methyl sites for hydroxylation is 1. The van der Waals surface area contributed by atoms with E-state index in [0.29, 0.717) is 28.1 Å². The standard InChI is InChI=1S/C20H13F3N2O/c1-12-18(11-24)17(14-3-2-4-15(9-14)20(21,22)23)10-19(25-12)13-5-7-16(26)8-6-13/h2-10,26H,1H3. The summed E-state index contributed by atoms with van der Waals surface area (Å²) in [6.07, 6.45) is -4.47. The van der Waals surface area contributed by atoms with Gasteiger partial charge >= 0.3 is 6.18 Å². The van der Waals surface area contributed by atoms with Gasteiger partial charge in [0.2, 0.25) is 0 Å². The Labute approximate surface area is 148 Å². The van der Waals surface area contributed by atoms with Gasteiger partial charge in [-0.15, -0.1) is 0 Å². The summed E-state index contributed by atoms with van der Waals surface area (Å²) in [5, 5.41) is 18.9. The zero-order chi connectivity index (χ0) is 18.9. The largest absolute Gasteiger partial charge is 0.508 e. The molecule has 0 aliphatic rings. The Morgan fingerprint density at radius 2 is 1.69 bits per heavy atom. The molecule has 3 rings (SSSR count). The molecule has 6 heteroatoms. The van der Waals surface area contributed by atoms with E-state index in [1.165, 1.54) is 24.3 Å². The number of nitriles is 1. The van der Waals surface area contributed by atoms with Crippen LogP contribution in [0, 0.1) is 18.3 Å². The topological polar surface area (TPSA) is 56.9 Å². The summed E-state index contributed by atoms with van der Waals surface area (Å²) < 4.78 is 39.1. The van der Waals surface area contributed by atoms with Gasteiger partial charge in [-0.1, -0.05) is 12.1 Å². The molecule has 0 bridgehead atoms. The van der Waals surface area contributed by atoms with Gasteiger partial charge in [-0.3, -0.25) is 4.98 Å². The van der Waals surface area contributed by atoms with Crippen LogP contribution in [0.15, 0.2) is 54.6 Å². The van der Waals surface area contributed by atoms with Gasteiger partial charge in [0.1, 0.15) is 11.8 Å². The Morgan fingerprint density at radius 3 is 2.31 bits per heavy atom. The third-order valence-electron chi connectivity index (χ3n) is 3.98. The molecular weight excluding hydrogens is 341 g/mol. The molecule has 0 unspecified atom stereocenters. The fourth-order valence-corrected chi connectivity index (χ4v) is 2.68. The Hall–Kier alpha value is -3.33. The van der Waals surface area contributed by atoms with Crippen LogP contribution in [-0.2, 0) is 6.18 Å². The lowest BCUT2D eigenvalue weighted by Gasteiger charge is -2.13. The van der Waals surface area contributed by atoms with Crippen molar-refractivity contribution in [1.82, 2.24) is 4.98 Å². The van der Waals surface area contributed by atoms with Crippen LogP contribution in [-0.4, -0.2) is 10.1 Å². The minimum Gasteiger partial charge on any atom is -0.508 e.